The Hall–Kier alpha value is -2.54. The first-order chi connectivity index (χ1) is 16.3. The van der Waals surface area contributed by atoms with Crippen molar-refractivity contribution < 1.29 is 14.5 Å². The molecule has 12 heteroatoms. The van der Waals surface area contributed by atoms with Crippen molar-refractivity contribution in [1.82, 2.24) is 24.6 Å². The number of nitrogens with one attached hydrogen (secondary N) is 1. The van der Waals surface area contributed by atoms with Crippen molar-refractivity contribution in [3.05, 3.63) is 39.7 Å². The largest absolute Gasteiger partial charge is 0.379 e. The zero-order chi connectivity index (χ0) is 24.7. The van der Waals surface area contributed by atoms with Gasteiger partial charge in [-0.15, -0.1) is 10.2 Å². The van der Waals surface area contributed by atoms with Gasteiger partial charge in [-0.2, -0.15) is 0 Å². The third-order valence-electron chi connectivity index (χ3n) is 5.84. The number of carbonyl (C=O) groups excluding carboxylic acids is 1. The van der Waals surface area contributed by atoms with E-state index in [4.69, 9.17) is 4.74 Å². The van der Waals surface area contributed by atoms with Crippen LogP contribution in [0.2, 0.25) is 0 Å². The van der Waals surface area contributed by atoms with Crippen molar-refractivity contribution in [2.45, 2.75) is 38.0 Å². The van der Waals surface area contributed by atoms with Crippen molar-refractivity contribution in [1.29, 1.82) is 0 Å². The predicted molar refractivity (Wildman–Crippen MR) is 131 cm³/mol. The summed E-state index contributed by atoms with van der Waals surface area (Å²) < 4.78 is 7.56. The summed E-state index contributed by atoms with van der Waals surface area (Å²) in [6.45, 7) is 8.77. The van der Waals surface area contributed by atoms with Gasteiger partial charge in [0.25, 0.3) is 5.69 Å². The standard InChI is InChI=1S/C22H33N7O4S/c1-5-19(26(3)4)21-24-25-22(28(21)9-8-27-10-12-33-13-11-27)34-15-20(30)23-18-14-17(29(31)32)7-6-16(18)2/h6-7,14,19H,5,8-13,15H2,1-4H3,(H,23,30). The molecule has 1 unspecified atom stereocenters. The first-order valence-electron chi connectivity index (χ1n) is 11.4. The molecular formula is C22H33N7O4S. The van der Waals surface area contributed by atoms with Crippen molar-refractivity contribution in [2.24, 2.45) is 0 Å². The number of nitro benzene ring substituents is 1. The van der Waals surface area contributed by atoms with Gasteiger partial charge < -0.3 is 14.6 Å². The fourth-order valence-electron chi connectivity index (χ4n) is 3.88. The Labute approximate surface area is 204 Å². The van der Waals surface area contributed by atoms with Gasteiger partial charge in [0.15, 0.2) is 11.0 Å². The van der Waals surface area contributed by atoms with E-state index in [1.165, 1.54) is 23.9 Å². The van der Waals surface area contributed by atoms with Crippen LogP contribution in [-0.4, -0.2) is 88.1 Å². The Bertz CT molecular complexity index is 992. The summed E-state index contributed by atoms with van der Waals surface area (Å²) in [5.41, 5.74) is 1.14. The van der Waals surface area contributed by atoms with E-state index in [-0.39, 0.29) is 23.4 Å². The third kappa shape index (κ3) is 6.75. The second-order valence-corrected chi connectivity index (χ2v) is 9.37. The number of morpholine rings is 1. The van der Waals surface area contributed by atoms with Crippen LogP contribution in [0, 0.1) is 17.0 Å². The molecule has 0 radical (unpaired) electrons. The van der Waals surface area contributed by atoms with Gasteiger partial charge >= 0.3 is 0 Å². The van der Waals surface area contributed by atoms with Crippen LogP contribution in [0.25, 0.3) is 0 Å². The first kappa shape index (κ1) is 26.1. The maximum absolute atomic E-state index is 12.7. The molecule has 1 aliphatic heterocycles. The number of nitrogens with zero attached hydrogens (tertiary/aromatic N) is 6. The lowest BCUT2D eigenvalue weighted by molar-refractivity contribution is -0.384. The van der Waals surface area contributed by atoms with Crippen LogP contribution in [0.4, 0.5) is 11.4 Å². The zero-order valence-corrected chi connectivity index (χ0v) is 21.0. The van der Waals surface area contributed by atoms with Crippen LogP contribution in [0.3, 0.4) is 0 Å². The number of aromatic nitrogens is 3. The van der Waals surface area contributed by atoms with E-state index in [0.717, 1.165) is 57.2 Å². The minimum absolute atomic E-state index is 0.0599. The molecule has 3 rings (SSSR count). The third-order valence-corrected chi connectivity index (χ3v) is 6.80. The molecule has 2 heterocycles. The molecule has 0 aliphatic carbocycles. The molecular weight excluding hydrogens is 458 g/mol. The van der Waals surface area contributed by atoms with E-state index >= 15 is 0 Å². The number of rotatable bonds is 11. The molecule has 1 N–H and O–H groups in total. The number of aryl methyl sites for hydroxylation is 1. The number of hydrogen-bond acceptors (Lipinski definition) is 9. The number of amides is 1. The van der Waals surface area contributed by atoms with Gasteiger partial charge in [-0.3, -0.25) is 24.7 Å². The van der Waals surface area contributed by atoms with Crippen molar-refractivity contribution in [2.75, 3.05) is 58.0 Å². The lowest BCUT2D eigenvalue weighted by Crippen LogP contribution is -2.38. The van der Waals surface area contributed by atoms with Crippen molar-refractivity contribution >= 4 is 29.0 Å². The van der Waals surface area contributed by atoms with E-state index in [1.54, 1.807) is 13.0 Å². The molecule has 0 spiro atoms. The average molecular weight is 492 g/mol. The second-order valence-electron chi connectivity index (χ2n) is 8.43. The number of carbonyl (C=O) groups is 1. The number of hydrogen-bond donors (Lipinski definition) is 1. The molecule has 1 amide bonds. The fourth-order valence-corrected chi connectivity index (χ4v) is 4.65. The molecule has 1 aromatic heterocycles. The summed E-state index contributed by atoms with van der Waals surface area (Å²) in [4.78, 5) is 27.7. The highest BCUT2D eigenvalue weighted by Gasteiger charge is 2.23. The van der Waals surface area contributed by atoms with Crippen LogP contribution in [0.1, 0.15) is 30.8 Å². The highest BCUT2D eigenvalue weighted by Crippen LogP contribution is 2.26. The molecule has 186 valence electrons. The average Bonchev–Trinajstić information content (AvgIpc) is 3.20. The van der Waals surface area contributed by atoms with E-state index in [2.05, 4.69) is 36.8 Å². The number of anilines is 1. The summed E-state index contributed by atoms with van der Waals surface area (Å²) >= 11 is 1.32. The van der Waals surface area contributed by atoms with Crippen LogP contribution >= 0.6 is 11.8 Å². The first-order valence-corrected chi connectivity index (χ1v) is 12.4. The summed E-state index contributed by atoms with van der Waals surface area (Å²) in [6, 6.07) is 4.55. The van der Waals surface area contributed by atoms with Gasteiger partial charge in [-0.05, 0) is 33.0 Å². The van der Waals surface area contributed by atoms with Crippen LogP contribution < -0.4 is 5.32 Å². The van der Waals surface area contributed by atoms with Gasteiger partial charge in [0.2, 0.25) is 5.91 Å². The molecule has 1 atom stereocenters. The summed E-state index contributed by atoms with van der Waals surface area (Å²) in [7, 11) is 4.05. The van der Waals surface area contributed by atoms with Gasteiger partial charge in [0, 0.05) is 38.3 Å². The van der Waals surface area contributed by atoms with Crippen molar-refractivity contribution in [3.8, 4) is 0 Å². The molecule has 1 saturated heterocycles. The molecule has 1 aliphatic rings. The Balaban J connectivity index is 1.71. The second kappa shape index (κ2) is 12.2. The summed E-state index contributed by atoms with van der Waals surface area (Å²) in [5.74, 6) is 0.757. The highest BCUT2D eigenvalue weighted by molar-refractivity contribution is 7.99. The number of benzene rings is 1. The number of nitro groups is 1. The lowest BCUT2D eigenvalue weighted by Gasteiger charge is -2.28. The monoisotopic (exact) mass is 491 g/mol. The fraction of sp³-hybridized carbons (Fsp3) is 0.591. The molecule has 34 heavy (non-hydrogen) atoms. The minimum Gasteiger partial charge on any atom is -0.379 e. The molecule has 11 nitrogen and oxygen atoms in total. The molecule has 1 aromatic carbocycles. The molecule has 0 saturated carbocycles. The van der Waals surface area contributed by atoms with E-state index in [0.29, 0.717) is 10.8 Å². The normalized spacial score (nSPS) is 15.4. The van der Waals surface area contributed by atoms with Crippen molar-refractivity contribution in [3.63, 3.8) is 0 Å². The summed E-state index contributed by atoms with van der Waals surface area (Å²) in [6.07, 6.45) is 0.889. The SMILES string of the molecule is CCC(c1nnc(SCC(=O)Nc2cc([N+](=O)[O-])ccc2C)n1CCN1CCOCC1)N(C)C. The number of thioether (sulfide) groups is 1. The maximum Gasteiger partial charge on any atom is 0.271 e. The van der Waals surface area contributed by atoms with Gasteiger partial charge in [0.05, 0.1) is 35.6 Å². The Morgan fingerprint density at radius 3 is 2.68 bits per heavy atom. The molecule has 1 fully saturated rings. The van der Waals surface area contributed by atoms with Gasteiger partial charge in [-0.25, -0.2) is 0 Å². The molecule has 0 bridgehead atoms. The van der Waals surface area contributed by atoms with Gasteiger partial charge in [-0.1, -0.05) is 24.8 Å². The topological polar surface area (TPSA) is 119 Å². The molecule has 2 aromatic rings. The summed E-state index contributed by atoms with van der Waals surface area (Å²) in [5, 5.41) is 23.4. The predicted octanol–water partition coefficient (Wildman–Crippen LogP) is 2.57. The zero-order valence-electron chi connectivity index (χ0n) is 20.2. The smallest absolute Gasteiger partial charge is 0.271 e. The van der Waals surface area contributed by atoms with E-state index < -0.39 is 4.92 Å². The van der Waals surface area contributed by atoms with E-state index in [1.807, 2.05) is 14.1 Å². The highest BCUT2D eigenvalue weighted by atomic mass is 32.2. The Morgan fingerprint density at radius 1 is 1.29 bits per heavy atom. The van der Waals surface area contributed by atoms with Crippen LogP contribution in [-0.2, 0) is 16.1 Å². The Kier molecular flexibility index (Phi) is 9.39. The Morgan fingerprint density at radius 2 is 2.03 bits per heavy atom. The van der Waals surface area contributed by atoms with Crippen LogP contribution in [0.15, 0.2) is 23.4 Å². The lowest BCUT2D eigenvalue weighted by atomic mass is 10.2. The van der Waals surface area contributed by atoms with Crippen LogP contribution in [0.5, 0.6) is 0 Å². The minimum atomic E-state index is -0.475. The number of non-ortho nitro benzene ring substituents is 1. The number of ether oxygens (including phenoxy) is 1. The maximum atomic E-state index is 12.7. The van der Waals surface area contributed by atoms with Gasteiger partial charge in [0.1, 0.15) is 0 Å². The van der Waals surface area contributed by atoms with E-state index in [9.17, 15) is 14.9 Å². The quantitative estimate of drug-likeness (QED) is 0.287.